The summed E-state index contributed by atoms with van der Waals surface area (Å²) in [5.74, 6) is -4.65. The Labute approximate surface area is 120 Å². The van der Waals surface area contributed by atoms with E-state index >= 15 is 0 Å². The minimum atomic E-state index is -1.53. The van der Waals surface area contributed by atoms with Crippen molar-refractivity contribution >= 4 is 0 Å². The molecule has 0 aliphatic heterocycles. The van der Waals surface area contributed by atoms with Crippen LogP contribution in [-0.4, -0.2) is 6.54 Å². The summed E-state index contributed by atoms with van der Waals surface area (Å²) >= 11 is 0. The second kappa shape index (κ2) is 6.26. The van der Waals surface area contributed by atoms with Crippen LogP contribution >= 0.6 is 0 Å². The first-order valence-corrected chi connectivity index (χ1v) is 6.61. The lowest BCUT2D eigenvalue weighted by molar-refractivity contribution is 0.447. The molecule has 2 rings (SSSR count). The molecule has 5 heteroatoms. The van der Waals surface area contributed by atoms with Gasteiger partial charge in [0, 0.05) is 6.04 Å². The molecule has 1 unspecified atom stereocenters. The lowest BCUT2D eigenvalue weighted by atomic mass is 9.95. The van der Waals surface area contributed by atoms with Crippen LogP contribution in [0.1, 0.15) is 25.5 Å². The van der Waals surface area contributed by atoms with Crippen LogP contribution in [0.15, 0.2) is 30.3 Å². The first-order chi connectivity index (χ1) is 9.93. The quantitative estimate of drug-likeness (QED) is 0.643. The van der Waals surface area contributed by atoms with E-state index in [2.05, 4.69) is 5.32 Å². The second-order valence-electron chi connectivity index (χ2n) is 4.76. The summed E-state index contributed by atoms with van der Waals surface area (Å²) < 4.78 is 53.3. The topological polar surface area (TPSA) is 12.0 Å². The van der Waals surface area contributed by atoms with Crippen molar-refractivity contribution in [2.45, 2.75) is 19.9 Å². The van der Waals surface area contributed by atoms with Gasteiger partial charge in [-0.15, -0.1) is 0 Å². The summed E-state index contributed by atoms with van der Waals surface area (Å²) in [6.07, 6.45) is 0. The monoisotopic (exact) mass is 297 g/mol. The third-order valence-electron chi connectivity index (χ3n) is 3.29. The molecule has 2 aromatic carbocycles. The zero-order valence-corrected chi connectivity index (χ0v) is 11.7. The van der Waals surface area contributed by atoms with E-state index in [9.17, 15) is 17.6 Å². The fraction of sp³-hybridized carbons (Fsp3) is 0.250. The van der Waals surface area contributed by atoms with Crippen LogP contribution in [-0.2, 0) is 0 Å². The molecule has 112 valence electrons. The molecule has 0 saturated carbocycles. The number of hydrogen-bond acceptors (Lipinski definition) is 1. The highest BCUT2D eigenvalue weighted by molar-refractivity contribution is 5.68. The van der Waals surface area contributed by atoms with Crippen LogP contribution < -0.4 is 5.32 Å². The van der Waals surface area contributed by atoms with Crippen LogP contribution in [0.5, 0.6) is 0 Å². The lowest BCUT2D eigenvalue weighted by Gasteiger charge is -2.18. The molecular formula is C16H15F4N. The number of halogens is 4. The summed E-state index contributed by atoms with van der Waals surface area (Å²) in [6.45, 7) is 4.46. The van der Waals surface area contributed by atoms with Gasteiger partial charge in [0.05, 0.1) is 0 Å². The van der Waals surface area contributed by atoms with Gasteiger partial charge in [0.25, 0.3) is 0 Å². The normalized spacial score (nSPS) is 12.5. The Bertz CT molecular complexity index is 632. The maximum atomic E-state index is 13.5. The standard InChI is InChI=1S/C16H15F4N/c1-3-21-9(2)12-5-4-11(17)8-13(12)10-6-14(18)16(20)15(19)7-10/h4-9,21H,3H2,1-2H3. The number of benzene rings is 2. The summed E-state index contributed by atoms with van der Waals surface area (Å²) in [5, 5.41) is 3.15. The molecule has 0 heterocycles. The van der Waals surface area contributed by atoms with E-state index < -0.39 is 23.3 Å². The molecule has 0 aliphatic carbocycles. The molecule has 0 bridgehead atoms. The van der Waals surface area contributed by atoms with Crippen molar-refractivity contribution in [2.75, 3.05) is 6.54 Å². The molecular weight excluding hydrogens is 282 g/mol. The van der Waals surface area contributed by atoms with Gasteiger partial charge in [-0.3, -0.25) is 0 Å². The SMILES string of the molecule is CCNC(C)c1ccc(F)cc1-c1cc(F)c(F)c(F)c1. The van der Waals surface area contributed by atoms with Crippen molar-refractivity contribution in [1.29, 1.82) is 0 Å². The molecule has 0 aromatic heterocycles. The maximum Gasteiger partial charge on any atom is 0.194 e. The molecule has 1 atom stereocenters. The molecule has 0 amide bonds. The van der Waals surface area contributed by atoms with Crippen molar-refractivity contribution < 1.29 is 17.6 Å². The Morgan fingerprint density at radius 3 is 2.19 bits per heavy atom. The number of hydrogen-bond donors (Lipinski definition) is 1. The van der Waals surface area contributed by atoms with Crippen LogP contribution in [0.3, 0.4) is 0 Å². The van der Waals surface area contributed by atoms with Gasteiger partial charge in [0.15, 0.2) is 17.5 Å². The van der Waals surface area contributed by atoms with Crippen molar-refractivity contribution in [1.82, 2.24) is 5.32 Å². The second-order valence-corrected chi connectivity index (χ2v) is 4.76. The van der Waals surface area contributed by atoms with E-state index in [-0.39, 0.29) is 11.6 Å². The van der Waals surface area contributed by atoms with E-state index in [1.54, 1.807) is 6.07 Å². The highest BCUT2D eigenvalue weighted by atomic mass is 19.2. The summed E-state index contributed by atoms with van der Waals surface area (Å²) in [5.41, 5.74) is 1.12. The Kier molecular flexibility index (Phi) is 4.63. The Hall–Kier alpha value is -1.88. The van der Waals surface area contributed by atoms with Gasteiger partial charge in [-0.1, -0.05) is 13.0 Å². The van der Waals surface area contributed by atoms with Gasteiger partial charge in [0.1, 0.15) is 5.82 Å². The van der Waals surface area contributed by atoms with Gasteiger partial charge in [-0.2, -0.15) is 0 Å². The molecule has 0 radical (unpaired) electrons. The molecule has 1 nitrogen and oxygen atoms in total. The summed E-state index contributed by atoms with van der Waals surface area (Å²) in [4.78, 5) is 0. The average Bonchev–Trinajstić information content (AvgIpc) is 2.44. The molecule has 21 heavy (non-hydrogen) atoms. The lowest BCUT2D eigenvalue weighted by Crippen LogP contribution is -2.18. The van der Waals surface area contributed by atoms with E-state index in [0.29, 0.717) is 17.7 Å². The van der Waals surface area contributed by atoms with Crippen LogP contribution in [0, 0.1) is 23.3 Å². The first-order valence-electron chi connectivity index (χ1n) is 6.61. The average molecular weight is 297 g/mol. The highest BCUT2D eigenvalue weighted by Gasteiger charge is 2.16. The van der Waals surface area contributed by atoms with Crippen LogP contribution in [0.4, 0.5) is 17.6 Å². The van der Waals surface area contributed by atoms with Crippen LogP contribution in [0.2, 0.25) is 0 Å². The predicted octanol–water partition coefficient (Wildman–Crippen LogP) is 4.58. The molecule has 0 spiro atoms. The Balaban J connectivity index is 2.59. The van der Waals surface area contributed by atoms with E-state index in [1.807, 2.05) is 13.8 Å². The minimum Gasteiger partial charge on any atom is -0.310 e. The Morgan fingerprint density at radius 2 is 1.62 bits per heavy atom. The fourth-order valence-corrected chi connectivity index (χ4v) is 2.28. The largest absolute Gasteiger partial charge is 0.310 e. The molecule has 1 N–H and O–H groups in total. The smallest absolute Gasteiger partial charge is 0.194 e. The van der Waals surface area contributed by atoms with Gasteiger partial charge in [0.2, 0.25) is 0 Å². The fourth-order valence-electron chi connectivity index (χ4n) is 2.28. The van der Waals surface area contributed by atoms with Crippen molar-refractivity contribution in [2.24, 2.45) is 0 Å². The number of nitrogens with one attached hydrogen (secondary N) is 1. The predicted molar refractivity (Wildman–Crippen MR) is 73.8 cm³/mol. The first kappa shape index (κ1) is 15.5. The van der Waals surface area contributed by atoms with Crippen molar-refractivity contribution in [3.8, 4) is 11.1 Å². The Morgan fingerprint density at radius 1 is 1.00 bits per heavy atom. The van der Waals surface area contributed by atoms with Gasteiger partial charge < -0.3 is 5.32 Å². The maximum absolute atomic E-state index is 13.5. The molecule has 0 aliphatic rings. The van der Waals surface area contributed by atoms with Crippen molar-refractivity contribution in [3.05, 3.63) is 59.2 Å². The van der Waals surface area contributed by atoms with E-state index in [1.165, 1.54) is 12.1 Å². The zero-order chi connectivity index (χ0) is 15.6. The molecule has 2 aromatic rings. The molecule has 0 fully saturated rings. The molecule has 0 saturated heterocycles. The van der Waals surface area contributed by atoms with E-state index in [4.69, 9.17) is 0 Å². The van der Waals surface area contributed by atoms with Gasteiger partial charge in [-0.05, 0) is 54.4 Å². The van der Waals surface area contributed by atoms with Crippen LogP contribution in [0.25, 0.3) is 11.1 Å². The van der Waals surface area contributed by atoms with Crippen molar-refractivity contribution in [3.63, 3.8) is 0 Å². The van der Waals surface area contributed by atoms with Gasteiger partial charge in [-0.25, -0.2) is 17.6 Å². The highest BCUT2D eigenvalue weighted by Crippen LogP contribution is 2.31. The zero-order valence-electron chi connectivity index (χ0n) is 11.7. The third kappa shape index (κ3) is 3.24. The minimum absolute atomic E-state index is 0.102. The number of rotatable bonds is 4. The van der Waals surface area contributed by atoms with Gasteiger partial charge >= 0.3 is 0 Å². The summed E-state index contributed by atoms with van der Waals surface area (Å²) in [7, 11) is 0. The van der Waals surface area contributed by atoms with E-state index in [0.717, 1.165) is 12.1 Å². The summed E-state index contributed by atoms with van der Waals surface area (Å²) in [6, 6.07) is 5.63. The third-order valence-corrected chi connectivity index (χ3v) is 3.29.